The summed E-state index contributed by atoms with van der Waals surface area (Å²) in [5.41, 5.74) is 1.95. The van der Waals surface area contributed by atoms with E-state index in [0.29, 0.717) is 22.6 Å². The van der Waals surface area contributed by atoms with Crippen LogP contribution in [-0.2, 0) is 0 Å². The Morgan fingerprint density at radius 1 is 1.09 bits per heavy atom. The van der Waals surface area contributed by atoms with Crippen molar-refractivity contribution in [2.24, 2.45) is 4.99 Å². The van der Waals surface area contributed by atoms with Crippen molar-refractivity contribution in [3.05, 3.63) is 59.0 Å². The molecule has 8 heteroatoms. The minimum absolute atomic E-state index is 0.0334. The first-order chi connectivity index (χ1) is 11.1. The van der Waals surface area contributed by atoms with Crippen LogP contribution in [0.4, 0.5) is 20.2 Å². The molecule has 1 aromatic carbocycles. The number of benzene rings is 1. The zero-order chi connectivity index (χ0) is 16.0. The average molecular weight is 332 g/mol. The maximum absolute atomic E-state index is 14.1. The van der Waals surface area contributed by atoms with Crippen LogP contribution >= 0.6 is 11.6 Å². The van der Waals surface area contributed by atoms with E-state index >= 15 is 0 Å². The summed E-state index contributed by atoms with van der Waals surface area (Å²) in [4.78, 5) is 8.29. The highest BCUT2D eigenvalue weighted by atomic mass is 35.5. The minimum Gasteiger partial charge on any atom is -0.336 e. The quantitative estimate of drug-likeness (QED) is 0.664. The predicted octanol–water partition coefficient (Wildman–Crippen LogP) is 3.91. The molecule has 0 atom stereocenters. The number of hydrogen-bond acceptors (Lipinski definition) is 4. The average Bonchev–Trinajstić information content (AvgIpc) is 2.91. The van der Waals surface area contributed by atoms with Crippen molar-refractivity contribution < 1.29 is 8.78 Å². The Balaban J connectivity index is 1.99. The van der Waals surface area contributed by atoms with E-state index in [1.165, 1.54) is 30.6 Å². The number of nitrogens with one attached hydrogen (secondary N) is 2. The SMILES string of the molecule is Fc1cccc(F)c1C1=Nc2cnc(Cl)cc2-c2[nH]ncc2N1. The highest BCUT2D eigenvalue weighted by Gasteiger charge is 2.23. The van der Waals surface area contributed by atoms with Gasteiger partial charge in [-0.2, -0.15) is 5.10 Å². The number of aromatic nitrogens is 3. The summed E-state index contributed by atoms with van der Waals surface area (Å²) in [5.74, 6) is -1.40. The van der Waals surface area contributed by atoms with Crippen molar-refractivity contribution in [2.75, 3.05) is 5.32 Å². The second kappa shape index (κ2) is 5.13. The molecule has 3 heterocycles. The van der Waals surface area contributed by atoms with Crippen LogP contribution in [0.3, 0.4) is 0 Å². The predicted molar refractivity (Wildman–Crippen MR) is 83.0 cm³/mol. The van der Waals surface area contributed by atoms with Gasteiger partial charge in [0.2, 0.25) is 0 Å². The van der Waals surface area contributed by atoms with E-state index in [0.717, 1.165) is 0 Å². The van der Waals surface area contributed by atoms with E-state index in [4.69, 9.17) is 11.6 Å². The van der Waals surface area contributed by atoms with Crippen LogP contribution in [0.25, 0.3) is 11.3 Å². The van der Waals surface area contributed by atoms with Crippen LogP contribution in [0.1, 0.15) is 5.56 Å². The smallest absolute Gasteiger partial charge is 0.144 e. The van der Waals surface area contributed by atoms with Gasteiger partial charge >= 0.3 is 0 Å². The lowest BCUT2D eigenvalue weighted by molar-refractivity contribution is 0.579. The van der Waals surface area contributed by atoms with E-state index in [2.05, 4.69) is 25.5 Å². The normalized spacial score (nSPS) is 12.7. The first kappa shape index (κ1) is 13.8. The molecular formula is C15H8ClF2N5. The number of nitrogens with zero attached hydrogens (tertiary/aromatic N) is 3. The van der Waals surface area contributed by atoms with Crippen LogP contribution in [0.2, 0.25) is 5.15 Å². The first-order valence-electron chi connectivity index (χ1n) is 6.63. The minimum atomic E-state index is -0.716. The Hall–Kier alpha value is -2.80. The molecule has 3 aromatic rings. The van der Waals surface area contributed by atoms with Gasteiger partial charge in [-0.25, -0.2) is 18.8 Å². The molecule has 0 amide bonds. The summed E-state index contributed by atoms with van der Waals surface area (Å²) in [7, 11) is 0. The molecule has 1 aliphatic heterocycles. The molecule has 23 heavy (non-hydrogen) atoms. The van der Waals surface area contributed by atoms with E-state index in [1.807, 2.05) is 0 Å². The van der Waals surface area contributed by atoms with Crippen LogP contribution in [0.5, 0.6) is 0 Å². The van der Waals surface area contributed by atoms with Crippen LogP contribution in [0, 0.1) is 11.6 Å². The molecule has 2 N–H and O–H groups in total. The van der Waals surface area contributed by atoms with Gasteiger partial charge in [0.25, 0.3) is 0 Å². The van der Waals surface area contributed by atoms with Gasteiger partial charge in [0.1, 0.15) is 22.6 Å². The lowest BCUT2D eigenvalue weighted by Gasteiger charge is -2.09. The molecule has 1 aliphatic rings. The van der Waals surface area contributed by atoms with Crippen LogP contribution in [0.15, 0.2) is 41.7 Å². The summed E-state index contributed by atoms with van der Waals surface area (Å²) in [6.07, 6.45) is 2.95. The first-order valence-corrected chi connectivity index (χ1v) is 7.00. The fraction of sp³-hybridized carbons (Fsp3) is 0. The van der Waals surface area contributed by atoms with Gasteiger partial charge in [0.05, 0.1) is 35.0 Å². The molecule has 114 valence electrons. The number of anilines is 1. The summed E-state index contributed by atoms with van der Waals surface area (Å²) in [5, 5.41) is 9.96. The van der Waals surface area contributed by atoms with Crippen molar-refractivity contribution >= 4 is 28.8 Å². The molecule has 0 saturated heterocycles. The summed E-state index contributed by atoms with van der Waals surface area (Å²) in [6, 6.07) is 5.25. The largest absolute Gasteiger partial charge is 0.336 e. The molecule has 0 aliphatic carbocycles. The topological polar surface area (TPSA) is 66.0 Å². The number of H-pyrrole nitrogens is 1. The number of aliphatic imine (C=N–C) groups is 1. The standard InChI is InChI=1S/C15H8ClF2N5/c16-12-4-7-10(5-19-12)21-15(22-11-6-20-23-14(7)11)13-8(17)2-1-3-9(13)18/h1-6H,(H,20,23)(H,21,22). The van der Waals surface area contributed by atoms with Crippen LogP contribution in [-0.4, -0.2) is 21.0 Å². The molecule has 0 saturated carbocycles. The Bertz CT molecular complexity index is 931. The lowest BCUT2D eigenvalue weighted by Crippen LogP contribution is -2.16. The molecule has 5 nitrogen and oxygen atoms in total. The van der Waals surface area contributed by atoms with Gasteiger partial charge in [-0.1, -0.05) is 17.7 Å². The molecule has 4 rings (SSSR count). The molecule has 0 unspecified atom stereocenters. The summed E-state index contributed by atoms with van der Waals surface area (Å²) in [6.45, 7) is 0. The van der Waals surface area contributed by atoms with Gasteiger partial charge in [-0.3, -0.25) is 5.10 Å². The zero-order valence-electron chi connectivity index (χ0n) is 11.4. The fourth-order valence-electron chi connectivity index (χ4n) is 2.42. The van der Waals surface area contributed by atoms with Crippen molar-refractivity contribution in [2.45, 2.75) is 0 Å². The Morgan fingerprint density at radius 2 is 1.87 bits per heavy atom. The number of halogens is 3. The third-order valence-corrected chi connectivity index (χ3v) is 3.65. The third kappa shape index (κ3) is 2.25. The monoisotopic (exact) mass is 331 g/mol. The Labute approximate surface area is 134 Å². The zero-order valence-corrected chi connectivity index (χ0v) is 12.2. The maximum Gasteiger partial charge on any atom is 0.144 e. The number of pyridine rings is 1. The fourth-order valence-corrected chi connectivity index (χ4v) is 2.57. The number of fused-ring (bicyclic) bond motifs is 3. The van der Waals surface area contributed by atoms with Gasteiger partial charge in [-0.05, 0) is 18.2 Å². The Kier molecular flexibility index (Phi) is 3.09. The highest BCUT2D eigenvalue weighted by molar-refractivity contribution is 6.30. The molecule has 0 spiro atoms. The van der Waals surface area contributed by atoms with Crippen molar-refractivity contribution in [1.82, 2.24) is 15.2 Å². The second-order valence-corrected chi connectivity index (χ2v) is 5.25. The van der Waals surface area contributed by atoms with Crippen LogP contribution < -0.4 is 5.32 Å². The van der Waals surface area contributed by atoms with Gasteiger partial charge in [0.15, 0.2) is 0 Å². The molecule has 2 aromatic heterocycles. The molecule has 0 radical (unpaired) electrons. The van der Waals surface area contributed by atoms with Gasteiger partial charge < -0.3 is 5.32 Å². The van der Waals surface area contributed by atoms with E-state index in [-0.39, 0.29) is 16.6 Å². The maximum atomic E-state index is 14.1. The van der Waals surface area contributed by atoms with Gasteiger partial charge in [-0.15, -0.1) is 0 Å². The number of amidine groups is 1. The molecular weight excluding hydrogens is 324 g/mol. The number of aromatic amines is 1. The van der Waals surface area contributed by atoms with Gasteiger partial charge in [0, 0.05) is 5.56 Å². The van der Waals surface area contributed by atoms with Crippen molar-refractivity contribution in [3.8, 4) is 11.3 Å². The van der Waals surface area contributed by atoms with E-state index in [1.54, 1.807) is 6.07 Å². The third-order valence-electron chi connectivity index (χ3n) is 3.44. The lowest BCUT2D eigenvalue weighted by atomic mass is 10.1. The Morgan fingerprint density at radius 3 is 2.65 bits per heavy atom. The van der Waals surface area contributed by atoms with Crippen molar-refractivity contribution in [1.29, 1.82) is 0 Å². The highest BCUT2D eigenvalue weighted by Crippen LogP contribution is 2.37. The summed E-state index contributed by atoms with van der Waals surface area (Å²) < 4.78 is 28.2. The van der Waals surface area contributed by atoms with E-state index in [9.17, 15) is 8.78 Å². The molecule has 0 fully saturated rings. The number of hydrogen-bond donors (Lipinski definition) is 2. The summed E-state index contributed by atoms with van der Waals surface area (Å²) >= 11 is 5.93. The molecule has 0 bridgehead atoms. The number of rotatable bonds is 1. The van der Waals surface area contributed by atoms with Crippen molar-refractivity contribution in [3.63, 3.8) is 0 Å². The van der Waals surface area contributed by atoms with E-state index < -0.39 is 11.6 Å². The second-order valence-electron chi connectivity index (χ2n) is 4.86.